The molecule has 90 valence electrons. The van der Waals surface area contributed by atoms with Crippen molar-refractivity contribution in [2.24, 2.45) is 7.05 Å². The smallest absolute Gasteiger partial charge is 0.360 e. The van der Waals surface area contributed by atoms with Crippen molar-refractivity contribution >= 4 is 5.97 Å². The number of aromatic nitrogens is 5. The molecule has 7 heteroatoms. The Kier molecular flexibility index (Phi) is 3.17. The van der Waals surface area contributed by atoms with Crippen molar-refractivity contribution in [2.45, 2.75) is 13.0 Å². The fraction of sp³-hybridized carbons (Fsp3) is 0.400. The molecule has 2 heterocycles. The number of carbonyl (C=O) groups is 1. The van der Waals surface area contributed by atoms with E-state index in [1.807, 2.05) is 13.1 Å². The second kappa shape index (κ2) is 4.77. The van der Waals surface area contributed by atoms with Crippen molar-refractivity contribution in [1.82, 2.24) is 24.8 Å². The number of methoxy groups -OCH3 is 1. The Balaban J connectivity index is 1.98. The van der Waals surface area contributed by atoms with Crippen molar-refractivity contribution in [1.29, 1.82) is 0 Å². The van der Waals surface area contributed by atoms with Gasteiger partial charge in [0.05, 0.1) is 13.3 Å². The topological polar surface area (TPSA) is 74.8 Å². The van der Waals surface area contributed by atoms with E-state index in [0.29, 0.717) is 6.54 Å². The van der Waals surface area contributed by atoms with Crippen LogP contribution in [0.25, 0.3) is 0 Å². The van der Waals surface area contributed by atoms with E-state index in [2.05, 4.69) is 20.1 Å². The number of hydrogen-bond donors (Lipinski definition) is 0. The van der Waals surface area contributed by atoms with Gasteiger partial charge in [-0.15, -0.1) is 5.10 Å². The average molecular weight is 235 g/mol. The molecule has 0 aliphatic rings. The summed E-state index contributed by atoms with van der Waals surface area (Å²) in [5.74, 6) is -0.475. The summed E-state index contributed by atoms with van der Waals surface area (Å²) in [6.45, 7) is 0.642. The lowest BCUT2D eigenvalue weighted by atomic mass is 10.3. The Morgan fingerprint density at radius 2 is 2.35 bits per heavy atom. The first-order valence-electron chi connectivity index (χ1n) is 5.16. The summed E-state index contributed by atoms with van der Waals surface area (Å²) >= 11 is 0. The van der Waals surface area contributed by atoms with Crippen molar-refractivity contribution in [3.05, 3.63) is 29.8 Å². The maximum atomic E-state index is 11.2. The predicted molar refractivity (Wildman–Crippen MR) is 58.3 cm³/mol. The van der Waals surface area contributed by atoms with Crippen LogP contribution < -0.4 is 0 Å². The Labute approximate surface area is 98.0 Å². The summed E-state index contributed by atoms with van der Waals surface area (Å²) < 4.78 is 7.96. The second-order valence-electron chi connectivity index (χ2n) is 3.55. The molecular formula is C10H13N5O2. The van der Waals surface area contributed by atoms with E-state index < -0.39 is 5.97 Å². The molecule has 17 heavy (non-hydrogen) atoms. The fourth-order valence-corrected chi connectivity index (χ4v) is 1.48. The Hall–Kier alpha value is -2.18. The van der Waals surface area contributed by atoms with Gasteiger partial charge < -0.3 is 4.74 Å². The number of esters is 1. The molecule has 0 aliphatic carbocycles. The Bertz CT molecular complexity index is 516. The van der Waals surface area contributed by atoms with E-state index in [9.17, 15) is 4.79 Å². The Morgan fingerprint density at radius 1 is 1.53 bits per heavy atom. The van der Waals surface area contributed by atoms with Gasteiger partial charge in [-0.2, -0.15) is 5.10 Å². The third-order valence-electron chi connectivity index (χ3n) is 2.45. The van der Waals surface area contributed by atoms with Gasteiger partial charge in [0, 0.05) is 31.9 Å². The molecule has 2 rings (SSSR count). The van der Waals surface area contributed by atoms with E-state index in [1.54, 1.807) is 21.8 Å². The van der Waals surface area contributed by atoms with Gasteiger partial charge in [0.1, 0.15) is 0 Å². The zero-order valence-corrected chi connectivity index (χ0v) is 9.70. The minimum absolute atomic E-state index is 0.220. The highest BCUT2D eigenvalue weighted by Crippen LogP contribution is 2.01. The molecule has 2 aromatic heterocycles. The number of carbonyl (C=O) groups excluding carboxylic acids is 1. The van der Waals surface area contributed by atoms with Gasteiger partial charge in [-0.05, 0) is 6.07 Å². The maximum absolute atomic E-state index is 11.2. The number of hydrogen-bond acceptors (Lipinski definition) is 5. The van der Waals surface area contributed by atoms with Crippen LogP contribution in [0.15, 0.2) is 18.5 Å². The van der Waals surface area contributed by atoms with Crippen LogP contribution in [-0.4, -0.2) is 37.9 Å². The molecular weight excluding hydrogens is 222 g/mol. The highest BCUT2D eigenvalue weighted by molar-refractivity contribution is 5.86. The minimum atomic E-state index is -0.475. The van der Waals surface area contributed by atoms with Crippen LogP contribution >= 0.6 is 0 Å². The van der Waals surface area contributed by atoms with Crippen LogP contribution in [0.3, 0.4) is 0 Å². The van der Waals surface area contributed by atoms with E-state index in [4.69, 9.17) is 0 Å². The first kappa shape index (κ1) is 11.3. The summed E-state index contributed by atoms with van der Waals surface area (Å²) in [6.07, 6.45) is 4.10. The molecule has 0 aliphatic heterocycles. The van der Waals surface area contributed by atoms with Gasteiger partial charge in [0.25, 0.3) is 0 Å². The normalized spacial score (nSPS) is 10.5. The lowest BCUT2D eigenvalue weighted by molar-refractivity contribution is 0.0594. The predicted octanol–water partition coefficient (Wildman–Crippen LogP) is 0.0409. The zero-order chi connectivity index (χ0) is 12.3. The lowest BCUT2D eigenvalue weighted by Gasteiger charge is -2.01. The SMILES string of the molecule is COC(=O)c1cn(CCc2ccnn2C)nn1. The summed E-state index contributed by atoms with van der Waals surface area (Å²) in [6, 6.07) is 1.94. The molecule has 0 spiro atoms. The standard InChI is InChI=1S/C10H13N5O2/c1-14-8(3-5-11-14)4-6-15-7-9(12-13-15)10(16)17-2/h3,5,7H,4,6H2,1-2H3. The van der Waals surface area contributed by atoms with Gasteiger partial charge in [0.2, 0.25) is 0 Å². The van der Waals surface area contributed by atoms with Crippen molar-refractivity contribution < 1.29 is 9.53 Å². The molecule has 0 amide bonds. The quantitative estimate of drug-likeness (QED) is 0.699. The van der Waals surface area contributed by atoms with E-state index in [-0.39, 0.29) is 5.69 Å². The fourth-order valence-electron chi connectivity index (χ4n) is 1.48. The van der Waals surface area contributed by atoms with Crippen molar-refractivity contribution in [3.8, 4) is 0 Å². The van der Waals surface area contributed by atoms with E-state index >= 15 is 0 Å². The largest absolute Gasteiger partial charge is 0.464 e. The highest BCUT2D eigenvalue weighted by Gasteiger charge is 2.10. The Morgan fingerprint density at radius 3 is 3.00 bits per heavy atom. The van der Waals surface area contributed by atoms with Crippen molar-refractivity contribution in [2.75, 3.05) is 7.11 Å². The minimum Gasteiger partial charge on any atom is -0.464 e. The zero-order valence-electron chi connectivity index (χ0n) is 9.70. The number of rotatable bonds is 4. The number of aryl methyl sites for hydroxylation is 3. The third-order valence-corrected chi connectivity index (χ3v) is 2.45. The first-order chi connectivity index (χ1) is 8.20. The molecule has 2 aromatic rings. The molecule has 7 nitrogen and oxygen atoms in total. The number of ether oxygens (including phenoxy) is 1. The molecule has 0 bridgehead atoms. The molecule has 0 atom stereocenters. The third kappa shape index (κ3) is 2.49. The van der Waals surface area contributed by atoms with Gasteiger partial charge in [0.15, 0.2) is 5.69 Å². The van der Waals surface area contributed by atoms with E-state index in [0.717, 1.165) is 12.1 Å². The summed E-state index contributed by atoms with van der Waals surface area (Å²) in [5.41, 5.74) is 1.32. The highest BCUT2D eigenvalue weighted by atomic mass is 16.5. The van der Waals surface area contributed by atoms with Crippen LogP contribution in [0.5, 0.6) is 0 Å². The average Bonchev–Trinajstić information content (AvgIpc) is 2.94. The first-order valence-corrected chi connectivity index (χ1v) is 5.16. The van der Waals surface area contributed by atoms with Crippen LogP contribution in [-0.2, 0) is 24.8 Å². The lowest BCUT2D eigenvalue weighted by Crippen LogP contribution is -2.06. The molecule has 0 N–H and O–H groups in total. The van der Waals surface area contributed by atoms with Crippen LogP contribution in [0, 0.1) is 0 Å². The second-order valence-corrected chi connectivity index (χ2v) is 3.55. The maximum Gasteiger partial charge on any atom is 0.360 e. The summed E-state index contributed by atoms with van der Waals surface area (Å²) in [5, 5.41) is 11.6. The van der Waals surface area contributed by atoms with Crippen LogP contribution in [0.2, 0.25) is 0 Å². The molecule has 0 aromatic carbocycles. The van der Waals surface area contributed by atoms with E-state index in [1.165, 1.54) is 7.11 Å². The van der Waals surface area contributed by atoms with Crippen LogP contribution in [0.4, 0.5) is 0 Å². The van der Waals surface area contributed by atoms with Crippen molar-refractivity contribution in [3.63, 3.8) is 0 Å². The summed E-state index contributed by atoms with van der Waals surface area (Å²) in [7, 11) is 3.20. The molecule has 0 unspecified atom stereocenters. The van der Waals surface area contributed by atoms with Gasteiger partial charge >= 0.3 is 5.97 Å². The molecule has 0 fully saturated rings. The number of nitrogens with zero attached hydrogens (tertiary/aromatic N) is 5. The molecule has 0 saturated heterocycles. The van der Waals surface area contributed by atoms with Gasteiger partial charge in [-0.3, -0.25) is 9.36 Å². The summed E-state index contributed by atoms with van der Waals surface area (Å²) in [4.78, 5) is 11.2. The van der Waals surface area contributed by atoms with Gasteiger partial charge in [-0.25, -0.2) is 4.79 Å². The molecule has 0 radical (unpaired) electrons. The van der Waals surface area contributed by atoms with Gasteiger partial charge in [-0.1, -0.05) is 5.21 Å². The monoisotopic (exact) mass is 235 g/mol. The van der Waals surface area contributed by atoms with Crippen LogP contribution in [0.1, 0.15) is 16.2 Å². The molecule has 0 saturated carbocycles.